The van der Waals surface area contributed by atoms with Gasteiger partial charge in [0.2, 0.25) is 0 Å². The molecule has 0 spiro atoms. The number of hydrogen-bond donors (Lipinski definition) is 2. The average molecular weight is 330 g/mol. The van der Waals surface area contributed by atoms with Crippen LogP contribution in [0.3, 0.4) is 0 Å². The molecule has 1 aromatic rings. The topological polar surface area (TPSA) is 91.8 Å². The molecule has 1 aliphatic heterocycles. The lowest BCUT2D eigenvalue weighted by atomic mass is 10.0. The van der Waals surface area contributed by atoms with Crippen LogP contribution in [0.4, 0.5) is 0 Å². The predicted molar refractivity (Wildman–Crippen MR) is 92.2 cm³/mol. The van der Waals surface area contributed by atoms with Gasteiger partial charge < -0.3 is 14.8 Å². The van der Waals surface area contributed by atoms with Crippen molar-refractivity contribution in [1.82, 2.24) is 4.98 Å². The van der Waals surface area contributed by atoms with E-state index in [0.717, 1.165) is 22.6 Å². The van der Waals surface area contributed by atoms with Crippen LogP contribution >= 0.6 is 0 Å². The second kappa shape index (κ2) is 6.86. The zero-order valence-electron chi connectivity index (χ0n) is 14.6. The standard InChI is InChI=1S/C18H22N2O4/c1-9-13(6-7-16(22)24-5)11(3)19-14(9)8-15-10(2)17(12(4)21)18(23)20-15/h8,20,23H,6-7H2,1-5H3/b14-8+. The van der Waals surface area contributed by atoms with E-state index in [-0.39, 0.29) is 17.6 Å². The number of carbonyl (C=O) groups excluding carboxylic acids is 2. The van der Waals surface area contributed by atoms with E-state index in [4.69, 9.17) is 0 Å². The van der Waals surface area contributed by atoms with Crippen LogP contribution < -0.4 is 0 Å². The molecule has 128 valence electrons. The fraction of sp³-hybridized carbons (Fsp3) is 0.389. The Morgan fingerprint density at radius 1 is 1.29 bits per heavy atom. The first kappa shape index (κ1) is 17.7. The number of hydrogen-bond acceptors (Lipinski definition) is 5. The monoisotopic (exact) mass is 330 g/mol. The smallest absolute Gasteiger partial charge is 0.305 e. The summed E-state index contributed by atoms with van der Waals surface area (Å²) in [5.41, 5.74) is 5.26. The third-order valence-corrected chi connectivity index (χ3v) is 4.27. The van der Waals surface area contributed by atoms with Crippen LogP contribution in [0.25, 0.3) is 6.08 Å². The highest BCUT2D eigenvalue weighted by Gasteiger charge is 2.21. The molecule has 1 aliphatic rings. The van der Waals surface area contributed by atoms with Gasteiger partial charge in [-0.1, -0.05) is 0 Å². The maximum absolute atomic E-state index is 11.6. The van der Waals surface area contributed by atoms with Gasteiger partial charge >= 0.3 is 5.97 Å². The van der Waals surface area contributed by atoms with E-state index >= 15 is 0 Å². The number of ether oxygens (including phenoxy) is 1. The summed E-state index contributed by atoms with van der Waals surface area (Å²) in [6.07, 6.45) is 2.68. The first-order valence-corrected chi connectivity index (χ1v) is 7.73. The SMILES string of the molecule is COC(=O)CCC1=C(C)/C(=C\c2[nH]c(O)c(C(C)=O)c2C)N=C1C. The molecule has 2 heterocycles. The maximum Gasteiger partial charge on any atom is 0.305 e. The number of aromatic amines is 1. The second-order valence-electron chi connectivity index (χ2n) is 5.85. The van der Waals surface area contributed by atoms with Crippen molar-refractivity contribution in [2.75, 3.05) is 7.11 Å². The van der Waals surface area contributed by atoms with Gasteiger partial charge in [0.25, 0.3) is 0 Å². The van der Waals surface area contributed by atoms with E-state index < -0.39 is 0 Å². The molecule has 0 aliphatic carbocycles. The normalized spacial score (nSPS) is 15.9. The van der Waals surface area contributed by atoms with E-state index in [2.05, 4.69) is 14.7 Å². The van der Waals surface area contributed by atoms with Crippen LogP contribution in [0.2, 0.25) is 0 Å². The Hall–Kier alpha value is -2.63. The number of nitrogens with one attached hydrogen (secondary N) is 1. The van der Waals surface area contributed by atoms with Crippen LogP contribution in [0.5, 0.6) is 5.88 Å². The van der Waals surface area contributed by atoms with Crippen LogP contribution in [0.15, 0.2) is 21.8 Å². The van der Waals surface area contributed by atoms with Gasteiger partial charge in [0.05, 0.1) is 18.4 Å². The van der Waals surface area contributed by atoms with E-state index in [9.17, 15) is 14.7 Å². The molecule has 0 atom stereocenters. The number of rotatable bonds is 5. The maximum atomic E-state index is 11.6. The van der Waals surface area contributed by atoms with E-state index in [0.29, 0.717) is 29.7 Å². The van der Waals surface area contributed by atoms with Crippen molar-refractivity contribution >= 4 is 23.5 Å². The molecule has 0 aromatic carbocycles. The zero-order chi connectivity index (χ0) is 18.0. The number of Topliss-reactive ketones (excluding diaryl/α,β-unsaturated/α-hetero) is 1. The van der Waals surface area contributed by atoms with Gasteiger partial charge in [0, 0.05) is 17.8 Å². The molecule has 2 rings (SSSR count). The molecule has 0 radical (unpaired) electrons. The molecule has 0 fully saturated rings. The van der Waals surface area contributed by atoms with Gasteiger partial charge in [0.15, 0.2) is 11.7 Å². The van der Waals surface area contributed by atoms with Gasteiger partial charge in [-0.3, -0.25) is 14.6 Å². The van der Waals surface area contributed by atoms with Gasteiger partial charge in [-0.05, 0) is 56.9 Å². The Bertz CT molecular complexity index is 794. The number of carbonyl (C=O) groups is 2. The van der Waals surface area contributed by atoms with Crippen molar-refractivity contribution in [3.05, 3.63) is 33.7 Å². The Morgan fingerprint density at radius 3 is 2.50 bits per heavy atom. The number of allylic oxidation sites excluding steroid dienone is 2. The Kier molecular flexibility index (Phi) is 5.07. The first-order valence-electron chi connectivity index (χ1n) is 7.73. The van der Waals surface area contributed by atoms with Gasteiger partial charge in [-0.15, -0.1) is 0 Å². The first-order chi connectivity index (χ1) is 11.3. The molecule has 0 saturated heterocycles. The summed E-state index contributed by atoms with van der Waals surface area (Å²) >= 11 is 0. The summed E-state index contributed by atoms with van der Waals surface area (Å²) in [6.45, 7) is 7.04. The minimum absolute atomic E-state index is 0.127. The number of aromatic nitrogens is 1. The van der Waals surface area contributed by atoms with Gasteiger partial charge in [-0.2, -0.15) is 0 Å². The van der Waals surface area contributed by atoms with Crippen LogP contribution in [0.1, 0.15) is 55.2 Å². The number of aliphatic imine (C=N–C) groups is 1. The Balaban J connectivity index is 2.35. The summed E-state index contributed by atoms with van der Waals surface area (Å²) < 4.78 is 4.68. The van der Waals surface area contributed by atoms with Crippen LogP contribution in [0, 0.1) is 6.92 Å². The van der Waals surface area contributed by atoms with Crippen molar-refractivity contribution in [2.45, 2.75) is 40.5 Å². The van der Waals surface area contributed by atoms with Crippen molar-refractivity contribution in [2.24, 2.45) is 4.99 Å². The molecule has 2 N–H and O–H groups in total. The average Bonchev–Trinajstić information content (AvgIpc) is 2.94. The van der Waals surface area contributed by atoms with E-state index in [1.165, 1.54) is 14.0 Å². The number of nitrogens with zero attached hydrogens (tertiary/aromatic N) is 1. The molecule has 0 saturated carbocycles. The van der Waals surface area contributed by atoms with Gasteiger partial charge in [-0.25, -0.2) is 0 Å². The fourth-order valence-corrected chi connectivity index (χ4v) is 2.90. The predicted octanol–water partition coefficient (Wildman–Crippen LogP) is 3.32. The number of ketones is 1. The molecule has 24 heavy (non-hydrogen) atoms. The molecular weight excluding hydrogens is 308 g/mol. The fourth-order valence-electron chi connectivity index (χ4n) is 2.90. The molecule has 1 aromatic heterocycles. The molecule has 0 amide bonds. The molecule has 6 nitrogen and oxygen atoms in total. The van der Waals surface area contributed by atoms with E-state index in [1.54, 1.807) is 6.92 Å². The lowest BCUT2D eigenvalue weighted by molar-refractivity contribution is -0.140. The Labute approximate surface area is 140 Å². The van der Waals surface area contributed by atoms with Crippen molar-refractivity contribution in [3.63, 3.8) is 0 Å². The highest BCUT2D eigenvalue weighted by molar-refractivity contribution is 6.04. The largest absolute Gasteiger partial charge is 0.494 e. The third kappa shape index (κ3) is 3.32. The summed E-state index contributed by atoms with van der Waals surface area (Å²) in [7, 11) is 1.37. The summed E-state index contributed by atoms with van der Waals surface area (Å²) in [5, 5.41) is 9.89. The lowest BCUT2D eigenvalue weighted by Crippen LogP contribution is -2.03. The summed E-state index contributed by atoms with van der Waals surface area (Å²) in [6, 6.07) is 0. The summed E-state index contributed by atoms with van der Waals surface area (Å²) in [4.78, 5) is 30.3. The van der Waals surface area contributed by atoms with Crippen LogP contribution in [-0.2, 0) is 9.53 Å². The third-order valence-electron chi connectivity index (χ3n) is 4.27. The molecular formula is C18H22N2O4. The summed E-state index contributed by atoms with van der Waals surface area (Å²) in [5.74, 6) is -0.571. The lowest BCUT2D eigenvalue weighted by Gasteiger charge is -2.04. The van der Waals surface area contributed by atoms with Crippen LogP contribution in [-0.4, -0.2) is 34.7 Å². The number of H-pyrrole nitrogens is 1. The Morgan fingerprint density at radius 2 is 1.96 bits per heavy atom. The number of aromatic hydroxyl groups is 1. The number of methoxy groups -OCH3 is 1. The second-order valence-corrected chi connectivity index (χ2v) is 5.85. The highest BCUT2D eigenvalue weighted by atomic mass is 16.5. The van der Waals surface area contributed by atoms with E-state index in [1.807, 2.05) is 19.9 Å². The molecule has 6 heteroatoms. The van der Waals surface area contributed by atoms with Crippen molar-refractivity contribution in [3.8, 4) is 5.88 Å². The molecule has 0 unspecified atom stereocenters. The zero-order valence-corrected chi connectivity index (χ0v) is 14.6. The molecule has 0 bridgehead atoms. The highest BCUT2D eigenvalue weighted by Crippen LogP contribution is 2.32. The minimum atomic E-state index is -0.253. The van der Waals surface area contributed by atoms with Crippen molar-refractivity contribution < 1.29 is 19.4 Å². The van der Waals surface area contributed by atoms with Gasteiger partial charge in [0.1, 0.15) is 0 Å². The quantitative estimate of drug-likeness (QED) is 0.640. The number of esters is 1. The minimum Gasteiger partial charge on any atom is -0.494 e. The van der Waals surface area contributed by atoms with Crippen molar-refractivity contribution in [1.29, 1.82) is 0 Å².